The van der Waals surface area contributed by atoms with E-state index in [2.05, 4.69) is 37.0 Å². The third-order valence-electron chi connectivity index (χ3n) is 3.09. The van der Waals surface area contributed by atoms with E-state index in [4.69, 9.17) is 5.11 Å². The SMILES string of the molecule is Cc1ccc(Cc2nc(C)c(CC(=O)O)s2)c(C)c1. The largest absolute Gasteiger partial charge is 0.481 e. The third-order valence-corrected chi connectivity index (χ3v) is 4.25. The highest BCUT2D eigenvalue weighted by atomic mass is 32.1. The van der Waals surface area contributed by atoms with Gasteiger partial charge in [-0.2, -0.15) is 0 Å². The zero-order chi connectivity index (χ0) is 14.0. The van der Waals surface area contributed by atoms with Crippen LogP contribution in [0.1, 0.15) is 32.3 Å². The summed E-state index contributed by atoms with van der Waals surface area (Å²) in [6.45, 7) is 6.05. The molecule has 4 heteroatoms. The standard InChI is InChI=1S/C15H17NO2S/c1-9-4-5-12(10(2)6-9)7-14-16-11(3)13(19-14)8-15(17)18/h4-6H,7-8H2,1-3H3,(H,17,18). The van der Waals surface area contributed by atoms with Crippen molar-refractivity contribution in [2.75, 3.05) is 0 Å². The molecular formula is C15H17NO2S. The van der Waals surface area contributed by atoms with E-state index >= 15 is 0 Å². The first-order chi connectivity index (χ1) is 8.95. The number of thiazole rings is 1. The number of nitrogens with zero attached hydrogens (tertiary/aromatic N) is 1. The summed E-state index contributed by atoms with van der Waals surface area (Å²) >= 11 is 1.50. The van der Waals surface area contributed by atoms with E-state index in [1.54, 1.807) is 0 Å². The minimum Gasteiger partial charge on any atom is -0.481 e. The molecule has 1 heterocycles. The molecule has 0 fully saturated rings. The van der Waals surface area contributed by atoms with Crippen molar-refractivity contribution in [3.8, 4) is 0 Å². The van der Waals surface area contributed by atoms with Crippen LogP contribution in [0.4, 0.5) is 0 Å². The molecule has 1 N–H and O–H groups in total. The van der Waals surface area contributed by atoms with E-state index in [9.17, 15) is 4.79 Å². The molecule has 0 unspecified atom stereocenters. The van der Waals surface area contributed by atoms with Gasteiger partial charge in [-0.3, -0.25) is 4.79 Å². The second-order valence-corrected chi connectivity index (χ2v) is 5.96. The van der Waals surface area contributed by atoms with Gasteiger partial charge < -0.3 is 5.11 Å². The van der Waals surface area contributed by atoms with Crippen molar-refractivity contribution in [1.82, 2.24) is 4.98 Å². The fourth-order valence-corrected chi connectivity index (χ4v) is 3.16. The molecule has 0 saturated carbocycles. The molecule has 0 aliphatic carbocycles. The maximum Gasteiger partial charge on any atom is 0.308 e. The van der Waals surface area contributed by atoms with Crippen LogP contribution in [0, 0.1) is 20.8 Å². The maximum atomic E-state index is 10.8. The summed E-state index contributed by atoms with van der Waals surface area (Å²) < 4.78 is 0. The molecule has 0 amide bonds. The first kappa shape index (κ1) is 13.7. The maximum absolute atomic E-state index is 10.8. The number of benzene rings is 1. The Balaban J connectivity index is 2.21. The molecule has 0 aliphatic rings. The highest BCUT2D eigenvalue weighted by Crippen LogP contribution is 2.23. The predicted molar refractivity (Wildman–Crippen MR) is 76.9 cm³/mol. The Kier molecular flexibility index (Phi) is 4.00. The zero-order valence-electron chi connectivity index (χ0n) is 11.4. The number of hydrogen-bond acceptors (Lipinski definition) is 3. The lowest BCUT2D eigenvalue weighted by molar-refractivity contribution is -0.136. The van der Waals surface area contributed by atoms with Crippen LogP contribution in [-0.2, 0) is 17.6 Å². The van der Waals surface area contributed by atoms with Crippen molar-refractivity contribution >= 4 is 17.3 Å². The van der Waals surface area contributed by atoms with Crippen LogP contribution in [0.15, 0.2) is 18.2 Å². The number of aromatic nitrogens is 1. The fraction of sp³-hybridized carbons (Fsp3) is 0.333. The molecule has 3 nitrogen and oxygen atoms in total. The second kappa shape index (κ2) is 5.53. The lowest BCUT2D eigenvalue weighted by Crippen LogP contribution is -1.99. The summed E-state index contributed by atoms with van der Waals surface area (Å²) in [6, 6.07) is 6.38. The normalized spacial score (nSPS) is 10.7. The van der Waals surface area contributed by atoms with Crippen molar-refractivity contribution in [2.45, 2.75) is 33.6 Å². The summed E-state index contributed by atoms with van der Waals surface area (Å²) in [4.78, 5) is 16.1. The van der Waals surface area contributed by atoms with Crippen molar-refractivity contribution in [3.05, 3.63) is 50.5 Å². The van der Waals surface area contributed by atoms with Gasteiger partial charge in [0.05, 0.1) is 17.1 Å². The van der Waals surface area contributed by atoms with Gasteiger partial charge in [0.1, 0.15) is 0 Å². The van der Waals surface area contributed by atoms with Crippen LogP contribution in [-0.4, -0.2) is 16.1 Å². The molecule has 0 aliphatic heterocycles. The zero-order valence-corrected chi connectivity index (χ0v) is 12.2. The Labute approximate surface area is 116 Å². The lowest BCUT2D eigenvalue weighted by atomic mass is 10.0. The molecule has 0 spiro atoms. The molecular weight excluding hydrogens is 258 g/mol. The Bertz CT molecular complexity index is 617. The minimum atomic E-state index is -0.801. The highest BCUT2D eigenvalue weighted by Gasteiger charge is 2.12. The van der Waals surface area contributed by atoms with E-state index in [0.717, 1.165) is 22.0 Å². The van der Waals surface area contributed by atoms with Crippen LogP contribution >= 0.6 is 11.3 Å². The highest BCUT2D eigenvalue weighted by molar-refractivity contribution is 7.11. The minimum absolute atomic E-state index is 0.0659. The van der Waals surface area contributed by atoms with E-state index < -0.39 is 5.97 Å². The molecule has 100 valence electrons. The van der Waals surface area contributed by atoms with Crippen LogP contribution < -0.4 is 0 Å². The van der Waals surface area contributed by atoms with Gasteiger partial charge in [0.25, 0.3) is 0 Å². The smallest absolute Gasteiger partial charge is 0.308 e. The average molecular weight is 275 g/mol. The van der Waals surface area contributed by atoms with Crippen molar-refractivity contribution in [2.24, 2.45) is 0 Å². The second-order valence-electron chi connectivity index (χ2n) is 4.79. The lowest BCUT2D eigenvalue weighted by Gasteiger charge is -2.04. The monoisotopic (exact) mass is 275 g/mol. The predicted octanol–water partition coefficient (Wildman–Crippen LogP) is 3.29. The Hall–Kier alpha value is -1.68. The van der Waals surface area contributed by atoms with Crippen LogP contribution in [0.25, 0.3) is 0 Å². The molecule has 1 aromatic heterocycles. The van der Waals surface area contributed by atoms with Gasteiger partial charge in [-0.1, -0.05) is 23.8 Å². The van der Waals surface area contributed by atoms with Gasteiger partial charge in [0.15, 0.2) is 0 Å². The molecule has 0 atom stereocenters. The molecule has 2 aromatic rings. The van der Waals surface area contributed by atoms with Crippen LogP contribution in [0.2, 0.25) is 0 Å². The van der Waals surface area contributed by atoms with E-state index in [1.807, 2.05) is 6.92 Å². The molecule has 0 bridgehead atoms. The van der Waals surface area contributed by atoms with Gasteiger partial charge in [-0.25, -0.2) is 4.98 Å². The topological polar surface area (TPSA) is 50.2 Å². The van der Waals surface area contributed by atoms with Crippen LogP contribution in [0.5, 0.6) is 0 Å². The van der Waals surface area contributed by atoms with Gasteiger partial charge in [0.2, 0.25) is 0 Å². The number of aliphatic carboxylic acids is 1. The molecule has 19 heavy (non-hydrogen) atoms. The number of rotatable bonds is 4. The Morgan fingerprint density at radius 2 is 2.05 bits per heavy atom. The van der Waals surface area contributed by atoms with Crippen molar-refractivity contribution < 1.29 is 9.90 Å². The van der Waals surface area contributed by atoms with E-state index in [1.165, 1.54) is 28.0 Å². The number of hydrogen-bond donors (Lipinski definition) is 1. The average Bonchev–Trinajstić information content (AvgIpc) is 2.62. The van der Waals surface area contributed by atoms with Crippen LogP contribution in [0.3, 0.4) is 0 Å². The van der Waals surface area contributed by atoms with Gasteiger partial charge >= 0.3 is 5.97 Å². The Morgan fingerprint density at radius 1 is 1.32 bits per heavy atom. The summed E-state index contributed by atoms with van der Waals surface area (Å²) in [5, 5.41) is 9.83. The molecule has 0 radical (unpaired) electrons. The van der Waals surface area contributed by atoms with Crippen molar-refractivity contribution in [3.63, 3.8) is 0 Å². The molecule has 2 rings (SSSR count). The summed E-state index contributed by atoms with van der Waals surface area (Å²) in [6.07, 6.45) is 0.841. The summed E-state index contributed by atoms with van der Waals surface area (Å²) in [7, 11) is 0. The molecule has 0 saturated heterocycles. The quantitative estimate of drug-likeness (QED) is 0.931. The summed E-state index contributed by atoms with van der Waals surface area (Å²) in [5.41, 5.74) is 4.60. The number of aryl methyl sites for hydroxylation is 3. The number of carbonyl (C=O) groups is 1. The first-order valence-electron chi connectivity index (χ1n) is 6.19. The van der Waals surface area contributed by atoms with Gasteiger partial charge in [-0.15, -0.1) is 11.3 Å². The Morgan fingerprint density at radius 3 is 2.68 bits per heavy atom. The third kappa shape index (κ3) is 3.41. The number of carboxylic acid groups (broad SMARTS) is 1. The van der Waals surface area contributed by atoms with Crippen molar-refractivity contribution in [1.29, 1.82) is 0 Å². The van der Waals surface area contributed by atoms with E-state index in [0.29, 0.717) is 0 Å². The van der Waals surface area contributed by atoms with Gasteiger partial charge in [-0.05, 0) is 31.9 Å². The number of carboxylic acids is 1. The van der Waals surface area contributed by atoms with E-state index in [-0.39, 0.29) is 6.42 Å². The molecule has 1 aromatic carbocycles. The fourth-order valence-electron chi connectivity index (χ4n) is 2.07. The summed E-state index contributed by atoms with van der Waals surface area (Å²) in [5.74, 6) is -0.801. The first-order valence-corrected chi connectivity index (χ1v) is 7.00. The van der Waals surface area contributed by atoms with Gasteiger partial charge in [0, 0.05) is 11.3 Å².